The molecule has 1 aromatic carbocycles. The SMILES string of the molecule is CCN(Cc1ccccn1)C(CN)c1ccc(Br)c(C)c1. The Hall–Kier alpha value is -1.23. The fourth-order valence-corrected chi connectivity index (χ4v) is 2.76. The zero-order valence-corrected chi connectivity index (χ0v) is 14.2. The number of rotatable bonds is 6. The summed E-state index contributed by atoms with van der Waals surface area (Å²) in [6.45, 7) is 6.62. The number of nitrogens with zero attached hydrogens (tertiary/aromatic N) is 2. The second-order valence-electron chi connectivity index (χ2n) is 5.14. The van der Waals surface area contributed by atoms with Crippen LogP contribution in [0.25, 0.3) is 0 Å². The van der Waals surface area contributed by atoms with Gasteiger partial charge in [0, 0.05) is 29.8 Å². The van der Waals surface area contributed by atoms with E-state index in [1.165, 1.54) is 11.1 Å². The molecule has 1 aromatic heterocycles. The van der Waals surface area contributed by atoms with Crippen molar-refractivity contribution in [3.05, 3.63) is 63.9 Å². The lowest BCUT2D eigenvalue weighted by atomic mass is 10.0. The molecular formula is C17H22BrN3. The van der Waals surface area contributed by atoms with Crippen LogP contribution in [0.1, 0.15) is 29.8 Å². The number of hydrogen-bond donors (Lipinski definition) is 1. The van der Waals surface area contributed by atoms with E-state index in [-0.39, 0.29) is 6.04 Å². The molecule has 0 bridgehead atoms. The molecule has 0 saturated heterocycles. The summed E-state index contributed by atoms with van der Waals surface area (Å²) >= 11 is 3.55. The van der Waals surface area contributed by atoms with Gasteiger partial charge in [0.2, 0.25) is 0 Å². The standard InChI is InChI=1S/C17H22BrN3/c1-3-21(12-15-6-4-5-9-20-15)17(11-19)14-7-8-16(18)13(2)10-14/h4-10,17H,3,11-12,19H2,1-2H3. The average molecular weight is 348 g/mol. The van der Waals surface area contributed by atoms with Crippen molar-refractivity contribution < 1.29 is 0 Å². The second-order valence-corrected chi connectivity index (χ2v) is 6.00. The summed E-state index contributed by atoms with van der Waals surface area (Å²) in [6, 6.07) is 12.7. The van der Waals surface area contributed by atoms with Crippen molar-refractivity contribution in [1.82, 2.24) is 9.88 Å². The predicted octanol–water partition coefficient (Wildman–Crippen LogP) is 3.67. The number of pyridine rings is 1. The van der Waals surface area contributed by atoms with Gasteiger partial charge in [-0.3, -0.25) is 9.88 Å². The fourth-order valence-electron chi connectivity index (χ4n) is 2.51. The van der Waals surface area contributed by atoms with Crippen molar-refractivity contribution in [2.45, 2.75) is 26.4 Å². The molecule has 1 atom stereocenters. The fraction of sp³-hybridized carbons (Fsp3) is 0.353. The predicted molar refractivity (Wildman–Crippen MR) is 91.0 cm³/mol. The number of nitrogens with two attached hydrogens (primary N) is 1. The van der Waals surface area contributed by atoms with E-state index in [2.05, 4.69) is 63.9 Å². The molecule has 0 radical (unpaired) electrons. The third-order valence-electron chi connectivity index (χ3n) is 3.73. The Kier molecular flexibility index (Phi) is 5.91. The van der Waals surface area contributed by atoms with Crippen LogP contribution in [0.15, 0.2) is 47.1 Å². The van der Waals surface area contributed by atoms with Crippen LogP contribution >= 0.6 is 15.9 Å². The molecule has 1 unspecified atom stereocenters. The summed E-state index contributed by atoms with van der Waals surface area (Å²) in [6.07, 6.45) is 1.84. The molecule has 0 fully saturated rings. The first-order valence-electron chi connectivity index (χ1n) is 7.25. The van der Waals surface area contributed by atoms with Crippen LogP contribution in [0.4, 0.5) is 0 Å². The molecule has 21 heavy (non-hydrogen) atoms. The molecule has 0 amide bonds. The van der Waals surface area contributed by atoms with Gasteiger partial charge in [0.05, 0.1) is 5.69 Å². The summed E-state index contributed by atoms with van der Waals surface area (Å²) in [4.78, 5) is 6.78. The Balaban J connectivity index is 2.22. The van der Waals surface area contributed by atoms with Crippen LogP contribution in [-0.2, 0) is 6.54 Å². The number of aryl methyl sites for hydroxylation is 1. The van der Waals surface area contributed by atoms with E-state index in [0.717, 1.165) is 23.3 Å². The quantitative estimate of drug-likeness (QED) is 0.866. The van der Waals surface area contributed by atoms with Gasteiger partial charge in [-0.2, -0.15) is 0 Å². The van der Waals surface area contributed by atoms with Gasteiger partial charge in [0.15, 0.2) is 0 Å². The molecule has 0 spiro atoms. The van der Waals surface area contributed by atoms with E-state index >= 15 is 0 Å². The van der Waals surface area contributed by atoms with Gasteiger partial charge < -0.3 is 5.73 Å². The topological polar surface area (TPSA) is 42.2 Å². The zero-order chi connectivity index (χ0) is 15.2. The van der Waals surface area contributed by atoms with Gasteiger partial charge in [-0.25, -0.2) is 0 Å². The lowest BCUT2D eigenvalue weighted by Gasteiger charge is -2.30. The molecule has 2 rings (SSSR count). The van der Waals surface area contributed by atoms with Crippen molar-refractivity contribution in [3.63, 3.8) is 0 Å². The summed E-state index contributed by atoms with van der Waals surface area (Å²) < 4.78 is 1.13. The first-order chi connectivity index (χ1) is 10.2. The van der Waals surface area contributed by atoms with E-state index < -0.39 is 0 Å². The molecule has 3 nitrogen and oxygen atoms in total. The van der Waals surface area contributed by atoms with Crippen LogP contribution < -0.4 is 5.73 Å². The molecule has 1 heterocycles. The van der Waals surface area contributed by atoms with Crippen molar-refractivity contribution in [2.24, 2.45) is 5.73 Å². The Morgan fingerprint density at radius 1 is 1.29 bits per heavy atom. The molecule has 4 heteroatoms. The number of halogens is 1. The summed E-state index contributed by atoms with van der Waals surface area (Å²) in [5, 5.41) is 0. The first kappa shape index (κ1) is 16.1. The molecule has 0 aliphatic carbocycles. The van der Waals surface area contributed by atoms with Gasteiger partial charge in [0.25, 0.3) is 0 Å². The minimum absolute atomic E-state index is 0.212. The van der Waals surface area contributed by atoms with Gasteiger partial charge in [-0.15, -0.1) is 0 Å². The second kappa shape index (κ2) is 7.69. The summed E-state index contributed by atoms with van der Waals surface area (Å²) in [5.41, 5.74) is 9.62. The van der Waals surface area contributed by atoms with Gasteiger partial charge in [-0.1, -0.05) is 41.1 Å². The van der Waals surface area contributed by atoms with Gasteiger partial charge in [0.1, 0.15) is 0 Å². The average Bonchev–Trinajstić information content (AvgIpc) is 2.51. The highest BCUT2D eigenvalue weighted by Gasteiger charge is 2.18. The number of aromatic nitrogens is 1. The third kappa shape index (κ3) is 4.13. The van der Waals surface area contributed by atoms with Crippen LogP contribution in [0.5, 0.6) is 0 Å². The van der Waals surface area contributed by atoms with Crippen molar-refractivity contribution in [2.75, 3.05) is 13.1 Å². The Morgan fingerprint density at radius 2 is 2.10 bits per heavy atom. The minimum Gasteiger partial charge on any atom is -0.329 e. The molecular weight excluding hydrogens is 326 g/mol. The highest BCUT2D eigenvalue weighted by atomic mass is 79.9. The zero-order valence-electron chi connectivity index (χ0n) is 12.6. The maximum atomic E-state index is 6.05. The maximum absolute atomic E-state index is 6.05. The highest BCUT2D eigenvalue weighted by Crippen LogP contribution is 2.25. The Labute approximate surface area is 135 Å². The molecule has 0 saturated carbocycles. The number of benzene rings is 1. The normalized spacial score (nSPS) is 12.6. The van der Waals surface area contributed by atoms with Gasteiger partial charge >= 0.3 is 0 Å². The maximum Gasteiger partial charge on any atom is 0.0544 e. The van der Waals surface area contributed by atoms with Crippen molar-refractivity contribution in [3.8, 4) is 0 Å². The molecule has 0 aliphatic heterocycles. The Bertz CT molecular complexity index is 572. The lowest BCUT2D eigenvalue weighted by molar-refractivity contribution is 0.201. The third-order valence-corrected chi connectivity index (χ3v) is 4.62. The summed E-state index contributed by atoms with van der Waals surface area (Å²) in [7, 11) is 0. The smallest absolute Gasteiger partial charge is 0.0544 e. The van der Waals surface area contributed by atoms with E-state index in [1.807, 2.05) is 18.3 Å². The largest absolute Gasteiger partial charge is 0.329 e. The van der Waals surface area contributed by atoms with Crippen LogP contribution in [0.3, 0.4) is 0 Å². The van der Waals surface area contributed by atoms with E-state index in [1.54, 1.807) is 0 Å². The highest BCUT2D eigenvalue weighted by molar-refractivity contribution is 9.10. The lowest BCUT2D eigenvalue weighted by Crippen LogP contribution is -2.33. The molecule has 2 aromatic rings. The van der Waals surface area contributed by atoms with Crippen molar-refractivity contribution >= 4 is 15.9 Å². The van der Waals surface area contributed by atoms with Gasteiger partial charge in [-0.05, 0) is 42.8 Å². The molecule has 2 N–H and O–H groups in total. The van der Waals surface area contributed by atoms with E-state index in [0.29, 0.717) is 6.54 Å². The monoisotopic (exact) mass is 347 g/mol. The van der Waals surface area contributed by atoms with E-state index in [4.69, 9.17) is 5.73 Å². The first-order valence-corrected chi connectivity index (χ1v) is 8.05. The van der Waals surface area contributed by atoms with Crippen LogP contribution in [0.2, 0.25) is 0 Å². The Morgan fingerprint density at radius 3 is 2.67 bits per heavy atom. The van der Waals surface area contributed by atoms with Crippen molar-refractivity contribution in [1.29, 1.82) is 0 Å². The number of hydrogen-bond acceptors (Lipinski definition) is 3. The van der Waals surface area contributed by atoms with Crippen LogP contribution in [-0.4, -0.2) is 23.0 Å². The summed E-state index contributed by atoms with van der Waals surface area (Å²) in [5.74, 6) is 0. The van der Waals surface area contributed by atoms with E-state index in [9.17, 15) is 0 Å². The molecule has 0 aliphatic rings. The molecule has 112 valence electrons. The number of likely N-dealkylation sites (N-methyl/N-ethyl adjacent to an activating group) is 1. The van der Waals surface area contributed by atoms with Crippen LogP contribution in [0, 0.1) is 6.92 Å². The minimum atomic E-state index is 0.212.